The van der Waals surface area contributed by atoms with Crippen molar-refractivity contribution in [3.05, 3.63) is 0 Å². The summed E-state index contributed by atoms with van der Waals surface area (Å²) in [4.78, 5) is 10.3. The van der Waals surface area contributed by atoms with Crippen molar-refractivity contribution in [3.63, 3.8) is 0 Å². The van der Waals surface area contributed by atoms with Crippen LogP contribution in [-0.4, -0.2) is 39.9 Å². The molecule has 11 heavy (non-hydrogen) atoms. The first-order valence-electron chi connectivity index (χ1n) is 3.64. The third-order valence-electron chi connectivity index (χ3n) is 2.07. The molecule has 0 aliphatic heterocycles. The van der Waals surface area contributed by atoms with Crippen molar-refractivity contribution in [1.82, 2.24) is 0 Å². The van der Waals surface area contributed by atoms with Crippen LogP contribution in [0.4, 0.5) is 0 Å². The fourth-order valence-electron chi connectivity index (χ4n) is 1.36. The summed E-state index contributed by atoms with van der Waals surface area (Å²) in [6.07, 6.45) is -1.81. The van der Waals surface area contributed by atoms with Gasteiger partial charge in [0.05, 0.1) is 12.2 Å². The highest BCUT2D eigenvalue weighted by Crippen LogP contribution is 2.23. The SMILES string of the molecule is O=CC1CC(O)C(O)C(O)C1. The van der Waals surface area contributed by atoms with Crippen LogP contribution in [0.2, 0.25) is 0 Å². The van der Waals surface area contributed by atoms with Gasteiger partial charge in [0, 0.05) is 5.92 Å². The molecule has 0 amide bonds. The molecule has 0 spiro atoms. The van der Waals surface area contributed by atoms with Crippen LogP contribution in [-0.2, 0) is 4.79 Å². The molecule has 2 atom stereocenters. The molecule has 1 fully saturated rings. The fraction of sp³-hybridized carbons (Fsp3) is 0.857. The molecule has 1 aliphatic rings. The van der Waals surface area contributed by atoms with Crippen LogP contribution in [0.25, 0.3) is 0 Å². The second-order valence-corrected chi connectivity index (χ2v) is 2.99. The van der Waals surface area contributed by atoms with E-state index in [2.05, 4.69) is 0 Å². The van der Waals surface area contributed by atoms with Gasteiger partial charge in [0.1, 0.15) is 12.4 Å². The molecule has 0 radical (unpaired) electrons. The standard InChI is InChI=1S/C7H12O4/c8-3-4-1-5(9)7(11)6(10)2-4/h3-7,9-11H,1-2H2. The smallest absolute Gasteiger partial charge is 0.123 e. The highest BCUT2D eigenvalue weighted by atomic mass is 16.4. The average Bonchev–Trinajstić information content (AvgIpc) is 1.99. The van der Waals surface area contributed by atoms with E-state index >= 15 is 0 Å². The van der Waals surface area contributed by atoms with Gasteiger partial charge in [-0.1, -0.05) is 0 Å². The van der Waals surface area contributed by atoms with Gasteiger partial charge in [-0.25, -0.2) is 0 Å². The zero-order valence-electron chi connectivity index (χ0n) is 6.05. The molecule has 64 valence electrons. The number of hydrogen-bond donors (Lipinski definition) is 3. The Morgan fingerprint density at radius 3 is 1.91 bits per heavy atom. The summed E-state index contributed by atoms with van der Waals surface area (Å²) in [6, 6.07) is 0. The fourth-order valence-corrected chi connectivity index (χ4v) is 1.36. The predicted octanol–water partition coefficient (Wildman–Crippen LogP) is -1.32. The molecule has 1 rings (SSSR count). The Labute approximate surface area is 64.5 Å². The Kier molecular flexibility index (Phi) is 2.59. The quantitative estimate of drug-likeness (QED) is 0.416. The van der Waals surface area contributed by atoms with E-state index in [0.29, 0.717) is 6.29 Å². The van der Waals surface area contributed by atoms with Crippen molar-refractivity contribution < 1.29 is 20.1 Å². The molecule has 0 aromatic heterocycles. The first-order chi connectivity index (χ1) is 5.15. The number of hydrogen-bond acceptors (Lipinski definition) is 4. The molecule has 4 nitrogen and oxygen atoms in total. The summed E-state index contributed by atoms with van der Waals surface area (Å²) in [5.74, 6) is -0.316. The van der Waals surface area contributed by atoms with E-state index in [1.165, 1.54) is 0 Å². The van der Waals surface area contributed by atoms with Crippen molar-refractivity contribution in [2.24, 2.45) is 5.92 Å². The summed E-state index contributed by atoms with van der Waals surface area (Å²) in [5.41, 5.74) is 0. The van der Waals surface area contributed by atoms with Crippen LogP contribution in [0.5, 0.6) is 0 Å². The summed E-state index contributed by atoms with van der Waals surface area (Å²) < 4.78 is 0. The van der Waals surface area contributed by atoms with Crippen LogP contribution < -0.4 is 0 Å². The normalized spacial score (nSPS) is 45.4. The molecule has 0 aromatic rings. The lowest BCUT2D eigenvalue weighted by atomic mass is 9.84. The maximum Gasteiger partial charge on any atom is 0.123 e. The van der Waals surface area contributed by atoms with Crippen LogP contribution in [0.1, 0.15) is 12.8 Å². The van der Waals surface area contributed by atoms with Gasteiger partial charge >= 0.3 is 0 Å². The molecule has 0 aromatic carbocycles. The second-order valence-electron chi connectivity index (χ2n) is 2.99. The Bertz CT molecular complexity index is 135. The molecular formula is C7H12O4. The van der Waals surface area contributed by atoms with E-state index in [1.807, 2.05) is 0 Å². The molecule has 0 heterocycles. The van der Waals surface area contributed by atoms with E-state index in [1.54, 1.807) is 0 Å². The number of aliphatic hydroxyl groups excluding tert-OH is 3. The van der Waals surface area contributed by atoms with E-state index in [9.17, 15) is 4.79 Å². The van der Waals surface area contributed by atoms with E-state index < -0.39 is 18.3 Å². The van der Waals surface area contributed by atoms with Gasteiger partial charge in [-0.15, -0.1) is 0 Å². The molecule has 1 saturated carbocycles. The topological polar surface area (TPSA) is 77.8 Å². The molecule has 0 saturated heterocycles. The van der Waals surface area contributed by atoms with Crippen molar-refractivity contribution >= 4 is 6.29 Å². The van der Waals surface area contributed by atoms with Gasteiger partial charge in [0.15, 0.2) is 0 Å². The summed E-state index contributed by atoms with van der Waals surface area (Å²) >= 11 is 0. The first-order valence-corrected chi connectivity index (χ1v) is 3.64. The minimum Gasteiger partial charge on any atom is -0.390 e. The van der Waals surface area contributed by atoms with Crippen LogP contribution in [0.15, 0.2) is 0 Å². The maximum atomic E-state index is 10.3. The number of carbonyl (C=O) groups excluding carboxylic acids is 1. The third kappa shape index (κ3) is 1.77. The summed E-state index contributed by atoms with van der Waals surface area (Å²) in [6.45, 7) is 0. The van der Waals surface area contributed by atoms with Gasteiger partial charge < -0.3 is 20.1 Å². The zero-order valence-corrected chi connectivity index (χ0v) is 6.05. The van der Waals surface area contributed by atoms with Crippen molar-refractivity contribution in [2.45, 2.75) is 31.2 Å². The van der Waals surface area contributed by atoms with Gasteiger partial charge in [-0.05, 0) is 12.8 Å². The van der Waals surface area contributed by atoms with Gasteiger partial charge in [0.25, 0.3) is 0 Å². The molecule has 1 aliphatic carbocycles. The van der Waals surface area contributed by atoms with E-state index in [0.717, 1.165) is 0 Å². The minimum absolute atomic E-state index is 0.252. The van der Waals surface area contributed by atoms with E-state index in [4.69, 9.17) is 15.3 Å². The molecule has 0 bridgehead atoms. The Morgan fingerprint density at radius 2 is 1.55 bits per heavy atom. The summed E-state index contributed by atoms with van der Waals surface area (Å²) in [5, 5.41) is 27.2. The maximum absolute atomic E-state index is 10.3. The monoisotopic (exact) mass is 160 g/mol. The number of carbonyl (C=O) groups is 1. The average molecular weight is 160 g/mol. The van der Waals surface area contributed by atoms with Crippen LogP contribution >= 0.6 is 0 Å². The second kappa shape index (κ2) is 3.30. The van der Waals surface area contributed by atoms with E-state index in [-0.39, 0.29) is 18.8 Å². The highest BCUT2D eigenvalue weighted by Gasteiger charge is 2.34. The third-order valence-corrected chi connectivity index (χ3v) is 2.07. The van der Waals surface area contributed by atoms with Crippen LogP contribution in [0, 0.1) is 5.92 Å². The molecule has 3 N–H and O–H groups in total. The molecular weight excluding hydrogens is 148 g/mol. The van der Waals surface area contributed by atoms with Crippen molar-refractivity contribution in [1.29, 1.82) is 0 Å². The highest BCUT2D eigenvalue weighted by molar-refractivity contribution is 5.54. The van der Waals surface area contributed by atoms with Crippen LogP contribution in [0.3, 0.4) is 0 Å². The zero-order chi connectivity index (χ0) is 8.43. The molecule has 4 heteroatoms. The Hall–Kier alpha value is -0.450. The van der Waals surface area contributed by atoms with Gasteiger partial charge in [-0.3, -0.25) is 0 Å². The lowest BCUT2D eigenvalue weighted by Crippen LogP contribution is -2.44. The summed E-state index contributed by atoms with van der Waals surface area (Å²) in [7, 11) is 0. The Balaban J connectivity index is 2.54. The number of aliphatic hydroxyl groups is 3. The minimum atomic E-state index is -1.09. The largest absolute Gasteiger partial charge is 0.390 e. The van der Waals surface area contributed by atoms with Crippen molar-refractivity contribution in [2.75, 3.05) is 0 Å². The predicted molar refractivity (Wildman–Crippen MR) is 36.8 cm³/mol. The first kappa shape index (κ1) is 8.64. The number of aldehydes is 1. The lowest BCUT2D eigenvalue weighted by molar-refractivity contribution is -0.125. The lowest BCUT2D eigenvalue weighted by Gasteiger charge is -2.31. The Morgan fingerprint density at radius 1 is 1.09 bits per heavy atom. The van der Waals surface area contributed by atoms with Crippen molar-refractivity contribution in [3.8, 4) is 0 Å². The molecule has 2 unspecified atom stereocenters. The van der Waals surface area contributed by atoms with Gasteiger partial charge in [-0.2, -0.15) is 0 Å². The number of rotatable bonds is 1. The van der Waals surface area contributed by atoms with Gasteiger partial charge in [0.2, 0.25) is 0 Å².